The van der Waals surface area contributed by atoms with Gasteiger partial charge in [0.25, 0.3) is 5.91 Å². The Morgan fingerprint density at radius 1 is 1.05 bits per heavy atom. The molecule has 4 atom stereocenters. The van der Waals surface area contributed by atoms with Gasteiger partial charge in [0.15, 0.2) is 29.3 Å². The SMILES string of the molecule is CCNC(=O)C1OC(n2cnc3c(NCCc4cn(Cc5cc(C)ccc5C)c5ccccc45)ncnc32)C(O)C1O. The molecule has 0 aliphatic carbocycles. The van der Waals surface area contributed by atoms with Gasteiger partial charge in [0, 0.05) is 36.7 Å². The van der Waals surface area contributed by atoms with Crippen molar-refractivity contribution >= 4 is 33.8 Å². The number of carbonyl (C=O) groups excluding carboxylic acids is 1. The van der Waals surface area contributed by atoms with E-state index in [1.807, 2.05) is 0 Å². The van der Waals surface area contributed by atoms with E-state index in [1.165, 1.54) is 50.4 Å². The maximum atomic E-state index is 12.3. The van der Waals surface area contributed by atoms with Crippen molar-refractivity contribution in [1.29, 1.82) is 0 Å². The molecule has 218 valence electrons. The lowest BCUT2D eigenvalue weighted by molar-refractivity contribution is -0.137. The van der Waals surface area contributed by atoms with Gasteiger partial charge < -0.3 is 30.2 Å². The molecule has 1 amide bonds. The van der Waals surface area contributed by atoms with E-state index >= 15 is 0 Å². The van der Waals surface area contributed by atoms with Crippen molar-refractivity contribution < 1.29 is 19.7 Å². The number of imidazole rings is 1. The van der Waals surface area contributed by atoms with Crippen molar-refractivity contribution in [3.8, 4) is 0 Å². The topological polar surface area (TPSA) is 139 Å². The first-order valence-electron chi connectivity index (χ1n) is 14.2. The van der Waals surface area contributed by atoms with E-state index in [2.05, 4.69) is 92.7 Å². The largest absolute Gasteiger partial charge is 0.387 e. The summed E-state index contributed by atoms with van der Waals surface area (Å²) in [6.45, 7) is 7.84. The Morgan fingerprint density at radius 2 is 1.88 bits per heavy atom. The lowest BCUT2D eigenvalue weighted by Crippen LogP contribution is -2.42. The predicted octanol–water partition coefficient (Wildman–Crippen LogP) is 2.86. The monoisotopic (exact) mass is 569 g/mol. The number of likely N-dealkylation sites (N-methyl/N-ethyl adjacent to an activating group) is 1. The highest BCUT2D eigenvalue weighted by molar-refractivity contribution is 5.85. The summed E-state index contributed by atoms with van der Waals surface area (Å²) < 4.78 is 9.59. The minimum Gasteiger partial charge on any atom is -0.387 e. The zero-order chi connectivity index (χ0) is 29.4. The van der Waals surface area contributed by atoms with E-state index < -0.39 is 30.4 Å². The zero-order valence-corrected chi connectivity index (χ0v) is 23.9. The molecule has 0 saturated carbocycles. The van der Waals surface area contributed by atoms with Gasteiger partial charge in [0.05, 0.1) is 6.33 Å². The van der Waals surface area contributed by atoms with Crippen molar-refractivity contribution in [2.24, 2.45) is 0 Å². The van der Waals surface area contributed by atoms with Gasteiger partial charge in [-0.25, -0.2) is 15.0 Å². The fourth-order valence-corrected chi connectivity index (χ4v) is 5.67. The summed E-state index contributed by atoms with van der Waals surface area (Å²) >= 11 is 0. The molecule has 1 saturated heterocycles. The first kappa shape index (κ1) is 27.8. The van der Waals surface area contributed by atoms with E-state index in [9.17, 15) is 15.0 Å². The van der Waals surface area contributed by atoms with Crippen LogP contribution in [0.4, 0.5) is 5.82 Å². The lowest BCUT2D eigenvalue weighted by Gasteiger charge is -2.16. The number of hydrogen-bond donors (Lipinski definition) is 4. The number of ether oxygens (including phenoxy) is 1. The zero-order valence-electron chi connectivity index (χ0n) is 23.9. The van der Waals surface area contributed by atoms with Crippen molar-refractivity contribution in [2.75, 3.05) is 18.4 Å². The van der Waals surface area contributed by atoms with Crippen LogP contribution in [0.2, 0.25) is 0 Å². The van der Waals surface area contributed by atoms with Gasteiger partial charge >= 0.3 is 0 Å². The van der Waals surface area contributed by atoms with Crippen LogP contribution in [0.15, 0.2) is 61.3 Å². The number of anilines is 1. The number of rotatable bonds is 9. The molecule has 4 N–H and O–H groups in total. The summed E-state index contributed by atoms with van der Waals surface area (Å²) in [5, 5.41) is 28.3. The second kappa shape index (κ2) is 11.5. The number of hydrogen-bond acceptors (Lipinski definition) is 8. The summed E-state index contributed by atoms with van der Waals surface area (Å²) in [5.41, 5.74) is 7.18. The Kier molecular flexibility index (Phi) is 7.63. The van der Waals surface area contributed by atoms with E-state index in [-0.39, 0.29) is 0 Å². The summed E-state index contributed by atoms with van der Waals surface area (Å²) in [5.74, 6) is 0.0644. The summed E-state index contributed by atoms with van der Waals surface area (Å²) in [4.78, 5) is 25.5. The third-order valence-electron chi connectivity index (χ3n) is 7.88. The molecule has 2 aromatic carbocycles. The van der Waals surface area contributed by atoms with Crippen LogP contribution in [0, 0.1) is 13.8 Å². The number of carbonyl (C=O) groups is 1. The fraction of sp³-hybridized carbons (Fsp3) is 0.355. The summed E-state index contributed by atoms with van der Waals surface area (Å²) in [6.07, 6.45) is 0.953. The number of aryl methyl sites for hydroxylation is 2. The van der Waals surface area contributed by atoms with Gasteiger partial charge in [-0.15, -0.1) is 0 Å². The molecule has 0 bridgehead atoms. The predicted molar refractivity (Wildman–Crippen MR) is 159 cm³/mol. The van der Waals surface area contributed by atoms with Crippen molar-refractivity contribution in [3.05, 3.63) is 83.6 Å². The number of nitrogens with one attached hydrogen (secondary N) is 2. The number of fused-ring (bicyclic) bond motifs is 2. The van der Waals surface area contributed by atoms with Crippen LogP contribution < -0.4 is 10.6 Å². The molecule has 3 aromatic heterocycles. The average molecular weight is 570 g/mol. The Bertz CT molecular complexity index is 1750. The number of amides is 1. The molecule has 4 heterocycles. The van der Waals surface area contributed by atoms with Gasteiger partial charge in [-0.1, -0.05) is 42.0 Å². The highest BCUT2D eigenvalue weighted by atomic mass is 16.6. The van der Waals surface area contributed by atoms with E-state index in [0.29, 0.717) is 30.1 Å². The number of benzene rings is 2. The standard InChI is InChI=1S/C31H35N7O4/c1-4-32-30(41)27-25(39)26(40)31(42-27)38-17-36-24-28(34-16-35-29(24)38)33-12-11-20-14-37(23-8-6-5-7-22(20)23)15-21-13-18(2)9-10-19(21)3/h5-10,13-14,16-17,25-27,31,39-40H,4,11-12,15H2,1-3H3,(H,32,41)(H,33,34,35). The molecule has 11 nitrogen and oxygen atoms in total. The third kappa shape index (κ3) is 5.11. The normalized spacial score (nSPS) is 20.4. The Balaban J connectivity index is 1.20. The molecule has 1 fully saturated rings. The van der Waals surface area contributed by atoms with Crippen LogP contribution in [-0.2, 0) is 22.5 Å². The lowest BCUT2D eigenvalue weighted by atomic mass is 10.1. The van der Waals surface area contributed by atoms with Crippen LogP contribution in [0.3, 0.4) is 0 Å². The molecular formula is C31H35N7O4. The van der Waals surface area contributed by atoms with Crippen LogP contribution in [0.25, 0.3) is 22.1 Å². The molecule has 42 heavy (non-hydrogen) atoms. The van der Waals surface area contributed by atoms with Crippen molar-refractivity contribution in [1.82, 2.24) is 29.4 Å². The minimum atomic E-state index is -1.38. The third-order valence-corrected chi connectivity index (χ3v) is 7.88. The number of aliphatic hydroxyl groups is 2. The number of aliphatic hydroxyl groups excluding tert-OH is 2. The molecule has 5 aromatic rings. The van der Waals surface area contributed by atoms with Gasteiger partial charge in [0.2, 0.25) is 0 Å². The molecule has 6 rings (SSSR count). The molecule has 0 spiro atoms. The quantitative estimate of drug-likeness (QED) is 0.213. The molecule has 4 unspecified atom stereocenters. The van der Waals surface area contributed by atoms with E-state index in [4.69, 9.17) is 4.74 Å². The van der Waals surface area contributed by atoms with Gasteiger partial charge in [-0.05, 0) is 49.9 Å². The summed E-state index contributed by atoms with van der Waals surface area (Å²) in [6, 6.07) is 15.0. The highest BCUT2D eigenvalue weighted by Gasteiger charge is 2.47. The van der Waals surface area contributed by atoms with Gasteiger partial charge in [-0.3, -0.25) is 9.36 Å². The van der Waals surface area contributed by atoms with Gasteiger partial charge in [-0.2, -0.15) is 0 Å². The number of para-hydroxylation sites is 1. The Morgan fingerprint density at radius 3 is 2.71 bits per heavy atom. The first-order chi connectivity index (χ1) is 20.4. The smallest absolute Gasteiger partial charge is 0.252 e. The van der Waals surface area contributed by atoms with E-state index in [1.54, 1.807) is 6.92 Å². The maximum Gasteiger partial charge on any atom is 0.252 e. The highest BCUT2D eigenvalue weighted by Crippen LogP contribution is 2.32. The second-order valence-corrected chi connectivity index (χ2v) is 10.8. The Labute approximate surface area is 243 Å². The average Bonchev–Trinajstić information content (AvgIpc) is 3.65. The van der Waals surface area contributed by atoms with E-state index in [0.717, 1.165) is 13.0 Å². The van der Waals surface area contributed by atoms with Crippen LogP contribution in [0.1, 0.15) is 35.4 Å². The van der Waals surface area contributed by atoms with Crippen LogP contribution in [0.5, 0.6) is 0 Å². The summed E-state index contributed by atoms with van der Waals surface area (Å²) in [7, 11) is 0. The molecule has 1 aliphatic heterocycles. The minimum absolute atomic E-state index is 0.384. The first-order valence-corrected chi connectivity index (χ1v) is 14.2. The Hall–Kier alpha value is -4.32. The van der Waals surface area contributed by atoms with Crippen LogP contribution >= 0.6 is 0 Å². The van der Waals surface area contributed by atoms with Crippen molar-refractivity contribution in [3.63, 3.8) is 0 Å². The fourth-order valence-electron chi connectivity index (χ4n) is 5.67. The molecule has 1 aliphatic rings. The van der Waals surface area contributed by atoms with Crippen molar-refractivity contribution in [2.45, 2.75) is 58.3 Å². The van der Waals surface area contributed by atoms with Gasteiger partial charge in [0.1, 0.15) is 18.5 Å². The molecule has 0 radical (unpaired) electrons. The number of nitrogens with zero attached hydrogens (tertiary/aromatic N) is 5. The molecule has 11 heteroatoms. The molecular weight excluding hydrogens is 534 g/mol. The van der Waals surface area contributed by atoms with Crippen LogP contribution in [-0.4, -0.2) is 71.6 Å². The maximum absolute atomic E-state index is 12.3. The second-order valence-electron chi connectivity index (χ2n) is 10.8. The number of aromatic nitrogens is 5.